The molecule has 26 heavy (non-hydrogen) atoms. The van der Waals surface area contributed by atoms with Crippen LogP contribution in [0.1, 0.15) is 44.0 Å². The summed E-state index contributed by atoms with van der Waals surface area (Å²) < 4.78 is 10.4. The molecule has 0 saturated heterocycles. The molecule has 1 amide bonds. The lowest BCUT2D eigenvalue weighted by Crippen LogP contribution is -2.59. The molecule has 1 aromatic carbocycles. The van der Waals surface area contributed by atoms with E-state index in [2.05, 4.69) is 22.4 Å². The smallest absolute Gasteiger partial charge is 0.408 e. The number of alkyl carbamates (subject to hydrolysis) is 1. The zero-order chi connectivity index (χ0) is 19.1. The molecule has 0 unspecified atom stereocenters. The van der Waals surface area contributed by atoms with Gasteiger partial charge in [-0.25, -0.2) is 9.59 Å². The van der Waals surface area contributed by atoms with Crippen LogP contribution in [0.4, 0.5) is 4.79 Å². The summed E-state index contributed by atoms with van der Waals surface area (Å²) in [5.74, 6) is -0.449. The van der Waals surface area contributed by atoms with Gasteiger partial charge in [0.2, 0.25) is 0 Å². The molecule has 6 nitrogen and oxygen atoms in total. The number of rotatable bonds is 2. The zero-order valence-corrected chi connectivity index (χ0v) is 16.0. The third-order valence-corrected chi connectivity index (χ3v) is 4.75. The maximum Gasteiger partial charge on any atom is 0.408 e. The molecule has 0 bridgehead atoms. The standard InChI is InChI=1S/C20H26N2O4/c1-12-6-7-13-14-11-20(17(23)25-5,22-18(24)26-19(2,3)4)9-8-15(14)21-16(13)10-12/h6-7,10,21H,8-9,11H2,1-5H3,(H,22,24)/t20-/m1/s1. The molecular weight excluding hydrogens is 332 g/mol. The van der Waals surface area contributed by atoms with Gasteiger partial charge in [-0.2, -0.15) is 0 Å². The first-order valence-corrected chi connectivity index (χ1v) is 8.83. The molecule has 1 atom stereocenters. The maximum absolute atomic E-state index is 12.6. The number of hydrogen-bond donors (Lipinski definition) is 2. The van der Waals surface area contributed by atoms with E-state index >= 15 is 0 Å². The van der Waals surface area contributed by atoms with Crippen molar-refractivity contribution in [3.63, 3.8) is 0 Å². The third-order valence-electron chi connectivity index (χ3n) is 4.75. The number of carbonyl (C=O) groups is 2. The normalized spacial score (nSPS) is 19.7. The van der Waals surface area contributed by atoms with Crippen LogP contribution in [0.15, 0.2) is 18.2 Å². The monoisotopic (exact) mass is 358 g/mol. The van der Waals surface area contributed by atoms with Crippen LogP contribution in [0.5, 0.6) is 0 Å². The van der Waals surface area contributed by atoms with Crippen molar-refractivity contribution < 1.29 is 19.1 Å². The van der Waals surface area contributed by atoms with E-state index in [1.165, 1.54) is 12.7 Å². The largest absolute Gasteiger partial charge is 0.467 e. The molecule has 6 heteroatoms. The first kappa shape index (κ1) is 18.3. The molecule has 140 valence electrons. The zero-order valence-electron chi connectivity index (χ0n) is 16.0. The van der Waals surface area contributed by atoms with Gasteiger partial charge in [0.05, 0.1) is 7.11 Å². The van der Waals surface area contributed by atoms with Gasteiger partial charge in [0.1, 0.15) is 11.1 Å². The van der Waals surface area contributed by atoms with Gasteiger partial charge in [0, 0.05) is 23.0 Å². The van der Waals surface area contributed by atoms with Gasteiger partial charge in [-0.15, -0.1) is 0 Å². The second kappa shape index (κ2) is 6.34. The molecule has 1 aliphatic carbocycles. The molecule has 3 rings (SSSR count). The number of methoxy groups -OCH3 is 1. The summed E-state index contributed by atoms with van der Waals surface area (Å²) in [6.07, 6.45) is 0.866. The highest BCUT2D eigenvalue weighted by atomic mass is 16.6. The number of nitrogens with one attached hydrogen (secondary N) is 2. The molecule has 1 aliphatic rings. The molecule has 1 heterocycles. The van der Waals surface area contributed by atoms with Gasteiger partial charge < -0.3 is 19.8 Å². The van der Waals surface area contributed by atoms with Crippen LogP contribution >= 0.6 is 0 Å². The first-order valence-electron chi connectivity index (χ1n) is 8.83. The Kier molecular flexibility index (Phi) is 4.46. The topological polar surface area (TPSA) is 80.4 Å². The lowest BCUT2D eigenvalue weighted by atomic mass is 9.79. The first-order chi connectivity index (χ1) is 12.1. The van der Waals surface area contributed by atoms with Crippen molar-refractivity contribution in [1.29, 1.82) is 0 Å². The molecular formula is C20H26N2O4. The maximum atomic E-state index is 12.6. The lowest BCUT2D eigenvalue weighted by molar-refractivity contribution is -0.149. The Morgan fingerprint density at radius 2 is 2.00 bits per heavy atom. The third kappa shape index (κ3) is 3.41. The van der Waals surface area contributed by atoms with Gasteiger partial charge in [-0.1, -0.05) is 12.1 Å². The predicted molar refractivity (Wildman–Crippen MR) is 99.2 cm³/mol. The van der Waals surface area contributed by atoms with Gasteiger partial charge in [-0.05, 0) is 57.7 Å². The Bertz CT molecular complexity index is 863. The number of carbonyl (C=O) groups excluding carboxylic acids is 2. The average Bonchev–Trinajstić information content (AvgIpc) is 2.88. The van der Waals surface area contributed by atoms with Crippen molar-refractivity contribution in [1.82, 2.24) is 10.3 Å². The highest BCUT2D eigenvalue weighted by molar-refractivity contribution is 5.90. The summed E-state index contributed by atoms with van der Waals surface area (Å²) in [6.45, 7) is 7.41. The molecule has 2 N–H and O–H groups in total. The number of fused-ring (bicyclic) bond motifs is 3. The quantitative estimate of drug-likeness (QED) is 0.806. The van der Waals surface area contributed by atoms with Crippen molar-refractivity contribution in [2.45, 2.75) is 58.1 Å². The second-order valence-electron chi connectivity index (χ2n) is 8.01. The second-order valence-corrected chi connectivity index (χ2v) is 8.01. The van der Waals surface area contributed by atoms with Crippen LogP contribution in [0.3, 0.4) is 0 Å². The minimum Gasteiger partial charge on any atom is -0.467 e. The number of esters is 1. The van der Waals surface area contributed by atoms with Gasteiger partial charge >= 0.3 is 12.1 Å². The minimum absolute atomic E-state index is 0.372. The summed E-state index contributed by atoms with van der Waals surface area (Å²) in [6, 6.07) is 6.20. The van der Waals surface area contributed by atoms with E-state index < -0.39 is 23.2 Å². The van der Waals surface area contributed by atoms with Crippen molar-refractivity contribution in [3.8, 4) is 0 Å². The van der Waals surface area contributed by atoms with E-state index in [1.54, 1.807) is 20.8 Å². The van der Waals surface area contributed by atoms with Crippen LogP contribution in [-0.4, -0.2) is 35.3 Å². The number of hydrogen-bond acceptors (Lipinski definition) is 4. The molecule has 0 fully saturated rings. The highest BCUT2D eigenvalue weighted by Gasteiger charge is 2.45. The number of H-pyrrole nitrogens is 1. The Morgan fingerprint density at radius 1 is 1.27 bits per heavy atom. The summed E-state index contributed by atoms with van der Waals surface area (Å²) in [7, 11) is 1.34. The fourth-order valence-electron chi connectivity index (χ4n) is 3.60. The Hall–Kier alpha value is -2.50. The van der Waals surface area contributed by atoms with Crippen LogP contribution < -0.4 is 5.32 Å². The van der Waals surface area contributed by atoms with Crippen molar-refractivity contribution in [2.24, 2.45) is 0 Å². The number of benzene rings is 1. The Labute approximate surface area is 153 Å². The number of aryl methyl sites for hydroxylation is 2. The number of ether oxygens (including phenoxy) is 2. The van der Waals surface area contributed by atoms with Crippen molar-refractivity contribution in [3.05, 3.63) is 35.0 Å². The van der Waals surface area contributed by atoms with Crippen LogP contribution in [0.2, 0.25) is 0 Å². The SMILES string of the molecule is COC(=O)[C@@]1(NC(=O)OC(C)(C)C)CCc2[nH]c3cc(C)ccc3c2C1. The molecule has 0 saturated carbocycles. The van der Waals surface area contributed by atoms with Gasteiger partial charge in [-0.3, -0.25) is 0 Å². The Morgan fingerprint density at radius 3 is 2.65 bits per heavy atom. The van der Waals surface area contributed by atoms with Crippen LogP contribution in [0, 0.1) is 6.92 Å². The fraction of sp³-hybridized carbons (Fsp3) is 0.500. The minimum atomic E-state index is -1.12. The summed E-state index contributed by atoms with van der Waals surface area (Å²) in [4.78, 5) is 28.4. The van der Waals surface area contributed by atoms with Gasteiger partial charge in [0.15, 0.2) is 0 Å². The molecule has 1 aromatic heterocycles. The summed E-state index contributed by atoms with van der Waals surface area (Å²) in [5.41, 5.74) is 2.61. The van der Waals surface area contributed by atoms with Gasteiger partial charge in [0.25, 0.3) is 0 Å². The van der Waals surface area contributed by atoms with E-state index in [-0.39, 0.29) is 0 Å². The van der Waals surface area contributed by atoms with E-state index in [0.717, 1.165) is 22.2 Å². The van der Waals surface area contributed by atoms with E-state index in [4.69, 9.17) is 9.47 Å². The van der Waals surface area contributed by atoms with E-state index in [0.29, 0.717) is 19.3 Å². The molecule has 0 radical (unpaired) electrons. The van der Waals surface area contributed by atoms with Crippen molar-refractivity contribution >= 4 is 23.0 Å². The summed E-state index contributed by atoms with van der Waals surface area (Å²) in [5, 5.41) is 3.87. The highest BCUT2D eigenvalue weighted by Crippen LogP contribution is 2.35. The number of amides is 1. The molecule has 0 aliphatic heterocycles. The summed E-state index contributed by atoms with van der Waals surface area (Å²) >= 11 is 0. The van der Waals surface area contributed by atoms with Crippen LogP contribution in [0.25, 0.3) is 10.9 Å². The van der Waals surface area contributed by atoms with E-state index in [1.807, 2.05) is 13.0 Å². The lowest BCUT2D eigenvalue weighted by Gasteiger charge is -2.35. The molecule has 0 spiro atoms. The molecule has 2 aromatic rings. The number of aromatic nitrogens is 1. The Balaban J connectivity index is 1.96. The number of aromatic amines is 1. The van der Waals surface area contributed by atoms with Crippen molar-refractivity contribution in [2.75, 3.05) is 7.11 Å². The average molecular weight is 358 g/mol. The predicted octanol–water partition coefficient (Wildman–Crippen LogP) is 3.40. The van der Waals surface area contributed by atoms with E-state index in [9.17, 15) is 9.59 Å². The van der Waals surface area contributed by atoms with Crippen LogP contribution in [-0.2, 0) is 27.1 Å². The fourth-order valence-corrected chi connectivity index (χ4v) is 3.60.